The molecule has 1 saturated heterocycles. The SMILES string of the molecule is O=C(OCc1nnc(-c2ccccc2)o1)C1CC(O)CN1C(=O)C12CC3CC(CC(C3)C1)C2. The first-order chi connectivity index (χ1) is 16.0. The zero-order chi connectivity index (χ0) is 22.6. The highest BCUT2D eigenvalue weighted by molar-refractivity contribution is 5.89. The fourth-order valence-electron chi connectivity index (χ4n) is 7.18. The second-order valence-corrected chi connectivity index (χ2v) is 10.5. The smallest absolute Gasteiger partial charge is 0.329 e. The molecule has 1 amide bonds. The van der Waals surface area contributed by atoms with Crippen molar-refractivity contribution in [2.45, 2.75) is 63.7 Å². The number of β-amino-alcohol motifs (C(OH)–C–C–N with tert-alkyl or cyclic N) is 1. The lowest BCUT2D eigenvalue weighted by atomic mass is 9.49. The van der Waals surface area contributed by atoms with Crippen molar-refractivity contribution in [2.24, 2.45) is 23.2 Å². The third-order valence-corrected chi connectivity index (χ3v) is 8.13. The molecule has 1 aliphatic heterocycles. The minimum Gasteiger partial charge on any atom is -0.454 e. The first-order valence-electron chi connectivity index (χ1n) is 12.0. The number of aliphatic hydroxyl groups excluding tert-OH is 1. The Kier molecular flexibility index (Phi) is 5.01. The molecule has 2 atom stereocenters. The Balaban J connectivity index is 1.13. The highest BCUT2D eigenvalue weighted by Crippen LogP contribution is 2.60. The van der Waals surface area contributed by atoms with E-state index in [0.29, 0.717) is 23.6 Å². The lowest BCUT2D eigenvalue weighted by molar-refractivity contribution is -0.166. The standard InChI is InChI=1S/C25H29N3O5/c29-19-9-20(23(30)32-14-21-26-27-22(33-21)18-4-2-1-3-5-18)28(13-19)24(31)25-10-15-6-16(11-25)8-17(7-15)12-25/h1-5,15-17,19-20,29H,6-14H2. The number of ether oxygens (including phenoxy) is 1. The molecule has 8 nitrogen and oxygen atoms in total. The van der Waals surface area contributed by atoms with E-state index in [1.54, 1.807) is 4.90 Å². The summed E-state index contributed by atoms with van der Waals surface area (Å²) in [7, 11) is 0. The Labute approximate surface area is 192 Å². The minimum atomic E-state index is -0.767. The van der Waals surface area contributed by atoms with Crippen molar-refractivity contribution >= 4 is 11.9 Å². The third kappa shape index (κ3) is 3.74. The molecule has 1 N–H and O–H groups in total. The van der Waals surface area contributed by atoms with Gasteiger partial charge in [-0.1, -0.05) is 18.2 Å². The van der Waals surface area contributed by atoms with Crippen LogP contribution in [0.2, 0.25) is 0 Å². The lowest BCUT2D eigenvalue weighted by Gasteiger charge is -2.56. The maximum absolute atomic E-state index is 13.8. The van der Waals surface area contributed by atoms with Crippen LogP contribution < -0.4 is 0 Å². The lowest BCUT2D eigenvalue weighted by Crippen LogP contribution is -2.56. The van der Waals surface area contributed by atoms with Crippen LogP contribution in [0.15, 0.2) is 34.7 Å². The quantitative estimate of drug-likeness (QED) is 0.697. The molecule has 33 heavy (non-hydrogen) atoms. The summed E-state index contributed by atoms with van der Waals surface area (Å²) in [6, 6.07) is 8.60. The number of nitrogens with zero attached hydrogens (tertiary/aromatic N) is 3. The van der Waals surface area contributed by atoms with Gasteiger partial charge in [-0.05, 0) is 68.4 Å². The summed E-state index contributed by atoms with van der Waals surface area (Å²) in [5.41, 5.74) is 0.433. The number of carbonyl (C=O) groups is 2. The molecule has 7 rings (SSSR count). The highest BCUT2D eigenvalue weighted by atomic mass is 16.5. The fraction of sp³-hybridized carbons (Fsp3) is 0.600. The van der Waals surface area contributed by atoms with E-state index in [4.69, 9.17) is 9.15 Å². The van der Waals surface area contributed by atoms with Crippen molar-refractivity contribution in [1.82, 2.24) is 15.1 Å². The van der Waals surface area contributed by atoms with E-state index < -0.39 is 18.1 Å². The van der Waals surface area contributed by atoms with Gasteiger partial charge < -0.3 is 19.2 Å². The zero-order valence-electron chi connectivity index (χ0n) is 18.6. The number of rotatable bonds is 5. The number of esters is 1. The molecule has 1 aromatic carbocycles. The van der Waals surface area contributed by atoms with Crippen LogP contribution in [-0.2, 0) is 20.9 Å². The summed E-state index contributed by atoms with van der Waals surface area (Å²) in [6.07, 6.45) is 6.01. The van der Waals surface area contributed by atoms with Gasteiger partial charge in [-0.3, -0.25) is 4.79 Å². The topological polar surface area (TPSA) is 106 Å². The molecule has 4 aliphatic carbocycles. The van der Waals surface area contributed by atoms with Crippen LogP contribution in [0, 0.1) is 23.2 Å². The Hall–Kier alpha value is -2.74. The zero-order valence-corrected chi connectivity index (χ0v) is 18.6. The normalized spacial score (nSPS) is 34.6. The summed E-state index contributed by atoms with van der Waals surface area (Å²) in [4.78, 5) is 28.3. The minimum absolute atomic E-state index is 0.0456. The summed E-state index contributed by atoms with van der Waals surface area (Å²) in [5, 5.41) is 18.3. The maximum Gasteiger partial charge on any atom is 0.329 e. The molecule has 1 aromatic heterocycles. The van der Waals surface area contributed by atoms with E-state index in [1.807, 2.05) is 30.3 Å². The van der Waals surface area contributed by atoms with Gasteiger partial charge in [0.1, 0.15) is 6.04 Å². The van der Waals surface area contributed by atoms with Crippen LogP contribution in [0.25, 0.3) is 11.5 Å². The van der Waals surface area contributed by atoms with E-state index in [2.05, 4.69) is 10.2 Å². The molecule has 8 heteroatoms. The van der Waals surface area contributed by atoms with Crippen molar-refractivity contribution < 1.29 is 23.8 Å². The predicted molar refractivity (Wildman–Crippen MR) is 116 cm³/mol. The Morgan fingerprint density at radius 3 is 2.36 bits per heavy atom. The average Bonchev–Trinajstić information content (AvgIpc) is 3.43. The van der Waals surface area contributed by atoms with Crippen LogP contribution in [0.3, 0.4) is 0 Å². The first kappa shape index (κ1) is 20.8. The Bertz CT molecular complexity index is 1020. The van der Waals surface area contributed by atoms with Crippen LogP contribution >= 0.6 is 0 Å². The van der Waals surface area contributed by atoms with Crippen molar-refractivity contribution in [2.75, 3.05) is 6.54 Å². The third-order valence-electron chi connectivity index (χ3n) is 8.13. The van der Waals surface area contributed by atoms with E-state index in [-0.39, 0.29) is 36.8 Å². The summed E-state index contributed by atoms with van der Waals surface area (Å²) < 4.78 is 11.1. The summed E-state index contributed by atoms with van der Waals surface area (Å²) in [5.74, 6) is 1.98. The van der Waals surface area contributed by atoms with Gasteiger partial charge in [-0.2, -0.15) is 0 Å². The van der Waals surface area contributed by atoms with Crippen molar-refractivity contribution in [3.05, 3.63) is 36.2 Å². The Morgan fingerprint density at radius 1 is 1.03 bits per heavy atom. The Morgan fingerprint density at radius 2 is 1.70 bits per heavy atom. The van der Waals surface area contributed by atoms with Crippen molar-refractivity contribution in [3.63, 3.8) is 0 Å². The molecule has 174 valence electrons. The van der Waals surface area contributed by atoms with E-state index >= 15 is 0 Å². The van der Waals surface area contributed by atoms with Gasteiger partial charge in [0.15, 0.2) is 6.61 Å². The van der Waals surface area contributed by atoms with Gasteiger partial charge in [-0.15, -0.1) is 10.2 Å². The molecule has 2 unspecified atom stereocenters. The molecule has 5 fully saturated rings. The van der Waals surface area contributed by atoms with Crippen molar-refractivity contribution in [3.8, 4) is 11.5 Å². The second kappa shape index (κ2) is 7.94. The van der Waals surface area contributed by atoms with Crippen LogP contribution in [0.1, 0.15) is 50.8 Å². The van der Waals surface area contributed by atoms with Crippen LogP contribution in [0.5, 0.6) is 0 Å². The van der Waals surface area contributed by atoms with Gasteiger partial charge in [-0.25, -0.2) is 4.79 Å². The average molecular weight is 452 g/mol. The number of aromatic nitrogens is 2. The van der Waals surface area contributed by atoms with Gasteiger partial charge >= 0.3 is 5.97 Å². The molecule has 2 heterocycles. The first-order valence-corrected chi connectivity index (χ1v) is 12.0. The number of hydrogen-bond acceptors (Lipinski definition) is 7. The second-order valence-electron chi connectivity index (χ2n) is 10.5. The van der Waals surface area contributed by atoms with Crippen molar-refractivity contribution in [1.29, 1.82) is 0 Å². The summed E-state index contributed by atoms with van der Waals surface area (Å²) in [6.45, 7) is 0.0315. The number of amides is 1. The molecule has 2 aromatic rings. The summed E-state index contributed by atoms with van der Waals surface area (Å²) >= 11 is 0. The van der Waals surface area contributed by atoms with E-state index in [9.17, 15) is 14.7 Å². The van der Waals surface area contributed by atoms with E-state index in [0.717, 1.165) is 24.8 Å². The molecule has 4 saturated carbocycles. The largest absolute Gasteiger partial charge is 0.454 e. The highest BCUT2D eigenvalue weighted by Gasteiger charge is 2.57. The van der Waals surface area contributed by atoms with Crippen LogP contribution in [0.4, 0.5) is 0 Å². The molecule has 0 spiro atoms. The monoisotopic (exact) mass is 451 g/mol. The van der Waals surface area contributed by atoms with E-state index in [1.165, 1.54) is 19.3 Å². The molecule has 0 radical (unpaired) electrons. The molecule has 5 aliphatic rings. The van der Waals surface area contributed by atoms with Gasteiger partial charge in [0, 0.05) is 18.5 Å². The van der Waals surface area contributed by atoms with Crippen LogP contribution in [-0.4, -0.2) is 50.8 Å². The number of carbonyl (C=O) groups excluding carboxylic acids is 2. The van der Waals surface area contributed by atoms with Gasteiger partial charge in [0.25, 0.3) is 5.89 Å². The number of hydrogen-bond donors (Lipinski definition) is 1. The fourth-order valence-corrected chi connectivity index (χ4v) is 7.18. The molecule has 4 bridgehead atoms. The van der Waals surface area contributed by atoms with Gasteiger partial charge in [0.2, 0.25) is 11.8 Å². The number of likely N-dealkylation sites (tertiary alicyclic amines) is 1. The maximum atomic E-state index is 13.8. The predicted octanol–water partition coefficient (Wildman–Crippen LogP) is 2.96. The number of benzene rings is 1. The molecular weight excluding hydrogens is 422 g/mol. The van der Waals surface area contributed by atoms with Gasteiger partial charge in [0.05, 0.1) is 11.5 Å². The molecular formula is C25H29N3O5. The number of aliphatic hydroxyl groups is 1.